The standard InChI is InChI=1S/C14H17FN4O5S/c1-8(19-25(23,24)11-5-3-2-4-10(11)15)12(20)17-18-14(22)13(21)16-9-6-7-9/h2-5,8-9,19H,6-7H2,1H3,(H,16,21)(H,17,20)(H,18,22). The normalized spacial score (nSPS) is 15.1. The largest absolute Gasteiger partial charge is 0.345 e. The van der Waals surface area contributed by atoms with E-state index in [4.69, 9.17) is 0 Å². The van der Waals surface area contributed by atoms with Crippen LogP contribution in [0.5, 0.6) is 0 Å². The van der Waals surface area contributed by atoms with Gasteiger partial charge in [0, 0.05) is 6.04 Å². The number of hydrogen-bond donors (Lipinski definition) is 4. The molecule has 25 heavy (non-hydrogen) atoms. The van der Waals surface area contributed by atoms with Crippen LogP contribution in [0.4, 0.5) is 4.39 Å². The summed E-state index contributed by atoms with van der Waals surface area (Å²) < 4.78 is 39.7. The highest BCUT2D eigenvalue weighted by Gasteiger charge is 2.28. The van der Waals surface area contributed by atoms with Gasteiger partial charge in [0.25, 0.3) is 5.91 Å². The highest BCUT2D eigenvalue weighted by Crippen LogP contribution is 2.18. The monoisotopic (exact) mass is 372 g/mol. The molecule has 0 saturated heterocycles. The molecule has 1 unspecified atom stereocenters. The maximum absolute atomic E-state index is 13.6. The molecular formula is C14H17FN4O5S. The van der Waals surface area contributed by atoms with Crippen LogP contribution in [-0.2, 0) is 24.4 Å². The molecule has 136 valence electrons. The SMILES string of the molecule is CC(NS(=O)(=O)c1ccccc1F)C(=O)NNC(=O)C(=O)NC1CC1. The molecule has 11 heteroatoms. The Labute approximate surface area is 143 Å². The van der Waals surface area contributed by atoms with E-state index >= 15 is 0 Å². The van der Waals surface area contributed by atoms with Crippen LogP contribution < -0.4 is 20.9 Å². The van der Waals surface area contributed by atoms with Gasteiger partial charge in [0.05, 0.1) is 6.04 Å². The number of hydrogen-bond acceptors (Lipinski definition) is 5. The lowest BCUT2D eigenvalue weighted by Crippen LogP contribution is -2.54. The van der Waals surface area contributed by atoms with Gasteiger partial charge in [-0.05, 0) is 31.9 Å². The van der Waals surface area contributed by atoms with Gasteiger partial charge in [-0.25, -0.2) is 12.8 Å². The van der Waals surface area contributed by atoms with Crippen molar-refractivity contribution in [3.63, 3.8) is 0 Å². The number of sulfonamides is 1. The Morgan fingerprint density at radius 3 is 2.36 bits per heavy atom. The molecule has 1 aliphatic carbocycles. The van der Waals surface area contributed by atoms with Crippen molar-refractivity contribution >= 4 is 27.7 Å². The quantitative estimate of drug-likeness (QED) is 0.385. The van der Waals surface area contributed by atoms with Crippen molar-refractivity contribution in [3.05, 3.63) is 30.1 Å². The van der Waals surface area contributed by atoms with E-state index in [9.17, 15) is 27.2 Å². The Morgan fingerprint density at radius 1 is 1.12 bits per heavy atom. The third-order valence-electron chi connectivity index (χ3n) is 3.27. The summed E-state index contributed by atoms with van der Waals surface area (Å²) in [5.41, 5.74) is 3.80. The minimum atomic E-state index is -4.28. The van der Waals surface area contributed by atoms with Crippen molar-refractivity contribution in [1.29, 1.82) is 0 Å². The predicted octanol–water partition coefficient (Wildman–Crippen LogP) is -1.08. The van der Waals surface area contributed by atoms with E-state index in [2.05, 4.69) is 5.32 Å². The Bertz CT molecular complexity index is 794. The van der Waals surface area contributed by atoms with E-state index in [1.807, 2.05) is 15.6 Å². The van der Waals surface area contributed by atoms with Crippen LogP contribution in [0.3, 0.4) is 0 Å². The Hall–Kier alpha value is -2.53. The zero-order valence-corrected chi connectivity index (χ0v) is 14.0. The smallest absolute Gasteiger partial charge is 0.327 e. The van der Waals surface area contributed by atoms with E-state index in [0.29, 0.717) is 0 Å². The summed E-state index contributed by atoms with van der Waals surface area (Å²) in [6.07, 6.45) is 1.58. The first kappa shape index (κ1) is 18.8. The van der Waals surface area contributed by atoms with Crippen LogP contribution >= 0.6 is 0 Å². The molecule has 0 aromatic heterocycles. The summed E-state index contributed by atoms with van der Waals surface area (Å²) in [4.78, 5) is 34.1. The fourth-order valence-corrected chi connectivity index (χ4v) is 3.06. The average molecular weight is 372 g/mol. The van der Waals surface area contributed by atoms with Crippen LogP contribution in [0.25, 0.3) is 0 Å². The molecule has 9 nitrogen and oxygen atoms in total. The van der Waals surface area contributed by atoms with E-state index in [0.717, 1.165) is 25.0 Å². The number of carbonyl (C=O) groups excluding carboxylic acids is 3. The number of amides is 3. The van der Waals surface area contributed by atoms with Crippen molar-refractivity contribution in [3.8, 4) is 0 Å². The van der Waals surface area contributed by atoms with Crippen molar-refractivity contribution in [1.82, 2.24) is 20.9 Å². The van der Waals surface area contributed by atoms with Gasteiger partial charge in [-0.1, -0.05) is 12.1 Å². The van der Waals surface area contributed by atoms with Crippen molar-refractivity contribution < 1.29 is 27.2 Å². The maximum Gasteiger partial charge on any atom is 0.327 e. The number of halogens is 1. The zero-order chi connectivity index (χ0) is 18.6. The van der Waals surface area contributed by atoms with Crippen molar-refractivity contribution in [2.24, 2.45) is 0 Å². The molecule has 3 amide bonds. The molecule has 0 bridgehead atoms. The van der Waals surface area contributed by atoms with Gasteiger partial charge < -0.3 is 5.32 Å². The van der Waals surface area contributed by atoms with Crippen molar-refractivity contribution in [2.75, 3.05) is 0 Å². The molecule has 2 rings (SSSR count). The molecule has 1 atom stereocenters. The minimum Gasteiger partial charge on any atom is -0.345 e. The van der Waals surface area contributed by atoms with E-state index in [-0.39, 0.29) is 6.04 Å². The second-order valence-corrected chi connectivity index (χ2v) is 7.15. The topological polar surface area (TPSA) is 133 Å². The number of nitrogens with one attached hydrogen (secondary N) is 4. The lowest BCUT2D eigenvalue weighted by Gasteiger charge is -2.15. The first-order chi connectivity index (χ1) is 11.7. The van der Waals surface area contributed by atoms with Gasteiger partial charge in [0.2, 0.25) is 10.0 Å². The minimum absolute atomic E-state index is 0.0274. The fourth-order valence-electron chi connectivity index (χ4n) is 1.77. The zero-order valence-electron chi connectivity index (χ0n) is 13.2. The first-order valence-electron chi connectivity index (χ1n) is 7.38. The number of rotatable bonds is 5. The molecule has 1 fully saturated rings. The Balaban J connectivity index is 1.88. The average Bonchev–Trinajstić information content (AvgIpc) is 3.35. The molecule has 1 aromatic rings. The number of hydrazine groups is 1. The molecule has 1 aromatic carbocycles. The summed E-state index contributed by atoms with van der Waals surface area (Å²) in [5.74, 6) is -3.87. The molecule has 1 saturated carbocycles. The molecule has 0 heterocycles. The number of carbonyl (C=O) groups is 3. The van der Waals surface area contributed by atoms with Crippen molar-refractivity contribution in [2.45, 2.75) is 36.7 Å². The van der Waals surface area contributed by atoms with Gasteiger partial charge in [-0.3, -0.25) is 25.2 Å². The summed E-state index contributed by atoms with van der Waals surface area (Å²) in [6, 6.07) is 3.33. The second-order valence-electron chi connectivity index (χ2n) is 5.46. The lowest BCUT2D eigenvalue weighted by atomic mass is 10.3. The van der Waals surface area contributed by atoms with E-state index in [1.54, 1.807) is 0 Å². The van der Waals surface area contributed by atoms with Gasteiger partial charge in [0.1, 0.15) is 10.7 Å². The molecule has 0 radical (unpaired) electrons. The second kappa shape index (κ2) is 7.57. The maximum atomic E-state index is 13.6. The third-order valence-corrected chi connectivity index (χ3v) is 4.84. The third kappa shape index (κ3) is 5.22. The van der Waals surface area contributed by atoms with E-state index in [1.165, 1.54) is 19.1 Å². The van der Waals surface area contributed by atoms with Gasteiger partial charge in [-0.15, -0.1) is 0 Å². The highest BCUT2D eigenvalue weighted by molar-refractivity contribution is 7.89. The molecule has 0 aliphatic heterocycles. The van der Waals surface area contributed by atoms with Crippen LogP contribution in [0.2, 0.25) is 0 Å². The Kier molecular flexibility index (Phi) is 5.69. The molecular weight excluding hydrogens is 355 g/mol. The van der Waals surface area contributed by atoms with Crippen LogP contribution in [-0.4, -0.2) is 38.2 Å². The Morgan fingerprint density at radius 2 is 1.76 bits per heavy atom. The first-order valence-corrected chi connectivity index (χ1v) is 8.86. The van der Waals surface area contributed by atoms with Crippen LogP contribution in [0.1, 0.15) is 19.8 Å². The molecule has 1 aliphatic rings. The van der Waals surface area contributed by atoms with Crippen LogP contribution in [0.15, 0.2) is 29.2 Å². The van der Waals surface area contributed by atoms with Gasteiger partial charge >= 0.3 is 11.8 Å². The summed E-state index contributed by atoms with van der Waals surface area (Å²) in [7, 11) is -4.28. The van der Waals surface area contributed by atoms with Gasteiger partial charge in [0.15, 0.2) is 0 Å². The molecule has 0 spiro atoms. The predicted molar refractivity (Wildman–Crippen MR) is 83.6 cm³/mol. The van der Waals surface area contributed by atoms with E-state index < -0.39 is 44.5 Å². The summed E-state index contributed by atoms with van der Waals surface area (Å²) in [5, 5.41) is 2.42. The summed E-state index contributed by atoms with van der Waals surface area (Å²) >= 11 is 0. The lowest BCUT2D eigenvalue weighted by molar-refractivity contribution is -0.141. The highest BCUT2D eigenvalue weighted by atomic mass is 32.2. The molecule has 4 N–H and O–H groups in total. The number of benzene rings is 1. The fraction of sp³-hybridized carbons (Fsp3) is 0.357. The van der Waals surface area contributed by atoms with Gasteiger partial charge in [-0.2, -0.15) is 4.72 Å². The summed E-state index contributed by atoms with van der Waals surface area (Å²) in [6.45, 7) is 1.20. The van der Waals surface area contributed by atoms with Crippen LogP contribution in [0, 0.1) is 5.82 Å².